The molecule has 0 amide bonds. The summed E-state index contributed by atoms with van der Waals surface area (Å²) < 4.78 is 5.06. The van der Waals surface area contributed by atoms with E-state index in [1.807, 2.05) is 0 Å². The summed E-state index contributed by atoms with van der Waals surface area (Å²) >= 11 is 0. The van der Waals surface area contributed by atoms with Crippen LogP contribution in [0.5, 0.6) is 5.75 Å². The molecule has 0 saturated heterocycles. The Morgan fingerprint density at radius 2 is 2.36 bits per heavy atom. The second-order valence-corrected chi connectivity index (χ2v) is 3.08. The fraction of sp³-hybridized carbons (Fsp3) is 0.455. The summed E-state index contributed by atoms with van der Waals surface area (Å²) in [5, 5.41) is 0. The van der Waals surface area contributed by atoms with Gasteiger partial charge in [0.2, 0.25) is 0 Å². The van der Waals surface area contributed by atoms with Crippen LogP contribution in [0.2, 0.25) is 0 Å². The van der Waals surface area contributed by atoms with Crippen molar-refractivity contribution < 1.29 is 9.53 Å². The third-order valence-corrected chi connectivity index (χ3v) is 2.01. The minimum Gasteiger partial charge on any atom is -0.494 e. The second-order valence-electron chi connectivity index (χ2n) is 3.08. The van der Waals surface area contributed by atoms with Crippen LogP contribution in [0.4, 0.5) is 0 Å². The molecule has 0 radical (unpaired) electrons. The number of Topliss-reactive ketones (excluding diaryl/α,β-unsaturated/α-hetero) is 1. The Morgan fingerprint density at radius 3 is 3.00 bits per heavy atom. The maximum Gasteiger partial charge on any atom is 0.184 e. The van der Waals surface area contributed by atoms with Crippen molar-refractivity contribution >= 4 is 5.78 Å². The molecule has 1 aromatic heterocycles. The number of nitrogens with zero attached hydrogens (tertiary/aromatic N) is 1. The summed E-state index contributed by atoms with van der Waals surface area (Å²) in [5.74, 6) is 0.623. The predicted molar refractivity (Wildman–Crippen MR) is 54.6 cm³/mol. The van der Waals surface area contributed by atoms with Crippen LogP contribution in [-0.2, 0) is 0 Å². The van der Waals surface area contributed by atoms with Gasteiger partial charge in [0.05, 0.1) is 7.11 Å². The predicted octanol–water partition coefficient (Wildman–Crippen LogP) is 2.46. The highest BCUT2D eigenvalue weighted by Gasteiger charge is 2.11. The Labute approximate surface area is 84.1 Å². The van der Waals surface area contributed by atoms with Gasteiger partial charge in [-0.25, -0.2) is 4.98 Å². The fourth-order valence-corrected chi connectivity index (χ4v) is 1.22. The minimum absolute atomic E-state index is 0.0595. The zero-order chi connectivity index (χ0) is 10.4. The normalized spacial score (nSPS) is 9.86. The van der Waals surface area contributed by atoms with Gasteiger partial charge in [-0.3, -0.25) is 4.79 Å². The molecule has 0 unspecified atom stereocenters. The fourth-order valence-electron chi connectivity index (χ4n) is 1.22. The number of unbranched alkanes of at least 4 members (excludes halogenated alkanes) is 1. The molecule has 0 aliphatic heterocycles. The van der Waals surface area contributed by atoms with E-state index in [-0.39, 0.29) is 5.78 Å². The zero-order valence-electron chi connectivity index (χ0n) is 8.62. The van der Waals surface area contributed by atoms with Gasteiger partial charge in [-0.15, -0.1) is 0 Å². The number of aromatic nitrogens is 1. The Morgan fingerprint density at radius 1 is 1.57 bits per heavy atom. The van der Waals surface area contributed by atoms with E-state index in [0.717, 1.165) is 12.8 Å². The van der Waals surface area contributed by atoms with Crippen molar-refractivity contribution in [3.8, 4) is 5.75 Å². The molecule has 3 heteroatoms. The van der Waals surface area contributed by atoms with Crippen LogP contribution < -0.4 is 4.74 Å². The van der Waals surface area contributed by atoms with Crippen LogP contribution in [0.1, 0.15) is 36.7 Å². The van der Waals surface area contributed by atoms with Crippen LogP contribution in [0.25, 0.3) is 0 Å². The molecule has 0 aliphatic carbocycles. The highest BCUT2D eigenvalue weighted by atomic mass is 16.5. The van der Waals surface area contributed by atoms with Crippen LogP contribution in [0, 0.1) is 0 Å². The van der Waals surface area contributed by atoms with E-state index in [9.17, 15) is 4.79 Å². The van der Waals surface area contributed by atoms with Crippen molar-refractivity contribution in [2.75, 3.05) is 7.11 Å². The molecule has 76 valence electrons. The summed E-state index contributed by atoms with van der Waals surface area (Å²) in [6.45, 7) is 2.06. The van der Waals surface area contributed by atoms with Gasteiger partial charge >= 0.3 is 0 Å². The number of carbonyl (C=O) groups is 1. The first-order valence-electron chi connectivity index (χ1n) is 4.81. The molecule has 1 aromatic rings. The first-order valence-corrected chi connectivity index (χ1v) is 4.81. The Kier molecular flexibility index (Phi) is 4.11. The molecular weight excluding hydrogens is 178 g/mol. The molecule has 0 aliphatic rings. The first-order chi connectivity index (χ1) is 6.79. The molecule has 1 rings (SSSR count). The number of rotatable bonds is 5. The number of hydrogen-bond acceptors (Lipinski definition) is 3. The lowest BCUT2D eigenvalue weighted by atomic mass is 10.1. The van der Waals surface area contributed by atoms with E-state index in [2.05, 4.69) is 11.9 Å². The maximum absolute atomic E-state index is 11.6. The molecule has 0 saturated carbocycles. The van der Waals surface area contributed by atoms with E-state index >= 15 is 0 Å². The number of hydrogen-bond donors (Lipinski definition) is 0. The number of pyridine rings is 1. The second kappa shape index (κ2) is 5.37. The van der Waals surface area contributed by atoms with Crippen molar-refractivity contribution in [3.63, 3.8) is 0 Å². The quantitative estimate of drug-likeness (QED) is 0.674. The van der Waals surface area contributed by atoms with Gasteiger partial charge in [-0.1, -0.05) is 13.3 Å². The van der Waals surface area contributed by atoms with Gasteiger partial charge in [-0.2, -0.15) is 0 Å². The van der Waals surface area contributed by atoms with E-state index in [4.69, 9.17) is 4.74 Å². The van der Waals surface area contributed by atoms with Crippen molar-refractivity contribution in [1.29, 1.82) is 0 Å². The summed E-state index contributed by atoms with van der Waals surface area (Å²) in [4.78, 5) is 15.7. The summed E-state index contributed by atoms with van der Waals surface area (Å²) in [6.07, 6.45) is 4.07. The average Bonchev–Trinajstić information content (AvgIpc) is 2.25. The third kappa shape index (κ3) is 2.55. The highest BCUT2D eigenvalue weighted by Crippen LogP contribution is 2.17. The number of ketones is 1. The van der Waals surface area contributed by atoms with Gasteiger partial charge in [0.15, 0.2) is 5.78 Å². The molecule has 0 atom stereocenters. The molecule has 0 fully saturated rings. The first kappa shape index (κ1) is 10.7. The summed E-state index contributed by atoms with van der Waals surface area (Å²) in [7, 11) is 1.55. The maximum atomic E-state index is 11.6. The van der Waals surface area contributed by atoms with Crippen molar-refractivity contribution in [2.45, 2.75) is 26.2 Å². The zero-order valence-corrected chi connectivity index (χ0v) is 8.62. The van der Waals surface area contributed by atoms with Crippen LogP contribution in [0.15, 0.2) is 18.3 Å². The number of methoxy groups -OCH3 is 1. The standard InChI is InChI=1S/C11H15NO2/c1-3-4-6-9(13)11-10(14-2)7-5-8-12-11/h5,7-8H,3-4,6H2,1-2H3. The van der Waals surface area contributed by atoms with Crippen LogP contribution in [-0.4, -0.2) is 17.9 Å². The molecule has 1 heterocycles. The largest absolute Gasteiger partial charge is 0.494 e. The lowest BCUT2D eigenvalue weighted by Gasteiger charge is -2.04. The molecule has 0 bridgehead atoms. The van der Waals surface area contributed by atoms with Gasteiger partial charge in [0.1, 0.15) is 11.4 Å². The minimum atomic E-state index is 0.0595. The molecular formula is C11H15NO2. The van der Waals surface area contributed by atoms with E-state index in [0.29, 0.717) is 17.9 Å². The molecule has 0 N–H and O–H groups in total. The average molecular weight is 193 g/mol. The highest BCUT2D eigenvalue weighted by molar-refractivity contribution is 5.96. The lowest BCUT2D eigenvalue weighted by molar-refractivity contribution is 0.0971. The van der Waals surface area contributed by atoms with Crippen LogP contribution >= 0.6 is 0 Å². The summed E-state index contributed by atoms with van der Waals surface area (Å²) in [6, 6.07) is 3.52. The van der Waals surface area contributed by atoms with Crippen molar-refractivity contribution in [3.05, 3.63) is 24.0 Å². The molecule has 0 aromatic carbocycles. The Balaban J connectivity index is 2.78. The van der Waals surface area contributed by atoms with Crippen LogP contribution in [0.3, 0.4) is 0 Å². The van der Waals surface area contributed by atoms with E-state index in [1.54, 1.807) is 25.4 Å². The Hall–Kier alpha value is -1.38. The van der Waals surface area contributed by atoms with Gasteiger partial charge in [-0.05, 0) is 18.6 Å². The van der Waals surface area contributed by atoms with Crippen molar-refractivity contribution in [1.82, 2.24) is 4.98 Å². The van der Waals surface area contributed by atoms with Gasteiger partial charge in [0, 0.05) is 12.6 Å². The summed E-state index contributed by atoms with van der Waals surface area (Å²) in [5.41, 5.74) is 0.448. The SMILES string of the molecule is CCCCC(=O)c1ncccc1OC. The molecule has 14 heavy (non-hydrogen) atoms. The smallest absolute Gasteiger partial charge is 0.184 e. The number of carbonyl (C=O) groups excluding carboxylic acids is 1. The van der Waals surface area contributed by atoms with Gasteiger partial charge in [0.25, 0.3) is 0 Å². The third-order valence-electron chi connectivity index (χ3n) is 2.01. The van der Waals surface area contributed by atoms with Gasteiger partial charge < -0.3 is 4.74 Å². The monoisotopic (exact) mass is 193 g/mol. The van der Waals surface area contributed by atoms with Crippen molar-refractivity contribution in [2.24, 2.45) is 0 Å². The number of ether oxygens (including phenoxy) is 1. The lowest BCUT2D eigenvalue weighted by Crippen LogP contribution is -2.04. The van der Waals surface area contributed by atoms with E-state index in [1.165, 1.54) is 0 Å². The Bertz CT molecular complexity index is 310. The van der Waals surface area contributed by atoms with E-state index < -0.39 is 0 Å². The topological polar surface area (TPSA) is 39.2 Å². The molecule has 3 nitrogen and oxygen atoms in total. The molecule has 0 spiro atoms.